The van der Waals surface area contributed by atoms with E-state index in [1.54, 1.807) is 6.20 Å². The van der Waals surface area contributed by atoms with Crippen molar-refractivity contribution in [1.82, 2.24) is 15.2 Å². The first-order chi connectivity index (χ1) is 11.1. The standard InChI is InChI=1S/C15H25N5O2S/c1-2-20(13-7-10-23(21,22)12-13)15-17-14(11-16-18-15)19-8-5-3-4-6-9-19/h11,13H,2-10,12H2,1H3. The maximum Gasteiger partial charge on any atom is 0.247 e. The summed E-state index contributed by atoms with van der Waals surface area (Å²) in [5.41, 5.74) is 0. The van der Waals surface area contributed by atoms with E-state index in [0.717, 1.165) is 18.9 Å². The lowest BCUT2D eigenvalue weighted by molar-refractivity contribution is 0.598. The Balaban J connectivity index is 1.80. The van der Waals surface area contributed by atoms with Gasteiger partial charge in [0.25, 0.3) is 0 Å². The Morgan fingerprint density at radius 1 is 1.26 bits per heavy atom. The van der Waals surface area contributed by atoms with E-state index in [1.165, 1.54) is 25.7 Å². The summed E-state index contributed by atoms with van der Waals surface area (Å²) in [6.07, 6.45) is 7.25. The van der Waals surface area contributed by atoms with E-state index in [1.807, 2.05) is 11.8 Å². The van der Waals surface area contributed by atoms with Crippen LogP contribution in [-0.2, 0) is 9.84 Å². The second-order valence-corrected chi connectivity index (χ2v) is 8.59. The first-order valence-electron chi connectivity index (χ1n) is 8.51. The average Bonchev–Trinajstić information content (AvgIpc) is 2.76. The average molecular weight is 339 g/mol. The van der Waals surface area contributed by atoms with Crippen molar-refractivity contribution >= 4 is 21.6 Å². The summed E-state index contributed by atoms with van der Waals surface area (Å²) in [5.74, 6) is 1.86. The minimum Gasteiger partial charge on any atom is -0.355 e. The first-order valence-corrected chi connectivity index (χ1v) is 10.3. The van der Waals surface area contributed by atoms with Gasteiger partial charge in [-0.05, 0) is 26.2 Å². The highest BCUT2D eigenvalue weighted by Gasteiger charge is 2.33. The van der Waals surface area contributed by atoms with Gasteiger partial charge in [0.2, 0.25) is 5.95 Å². The zero-order chi connectivity index (χ0) is 16.3. The lowest BCUT2D eigenvalue weighted by atomic mass is 10.2. The Labute approximate surface area is 138 Å². The Bertz CT molecular complexity index is 629. The molecule has 0 aromatic carbocycles. The van der Waals surface area contributed by atoms with Crippen molar-refractivity contribution < 1.29 is 8.42 Å². The van der Waals surface area contributed by atoms with Crippen LogP contribution in [0.5, 0.6) is 0 Å². The lowest BCUT2D eigenvalue weighted by Crippen LogP contribution is -2.38. The molecule has 1 unspecified atom stereocenters. The van der Waals surface area contributed by atoms with Crippen molar-refractivity contribution in [2.75, 3.05) is 40.9 Å². The Morgan fingerprint density at radius 3 is 2.61 bits per heavy atom. The summed E-state index contributed by atoms with van der Waals surface area (Å²) in [6.45, 7) is 4.70. The molecule has 0 N–H and O–H groups in total. The van der Waals surface area contributed by atoms with Crippen LogP contribution in [0, 0.1) is 0 Å². The van der Waals surface area contributed by atoms with Gasteiger partial charge < -0.3 is 9.80 Å². The van der Waals surface area contributed by atoms with Gasteiger partial charge in [-0.25, -0.2) is 8.42 Å². The number of rotatable bonds is 4. The molecule has 2 saturated heterocycles. The molecule has 0 amide bonds. The molecule has 0 radical (unpaired) electrons. The van der Waals surface area contributed by atoms with Crippen LogP contribution in [0.15, 0.2) is 6.20 Å². The highest BCUT2D eigenvalue weighted by Crippen LogP contribution is 2.23. The maximum atomic E-state index is 11.8. The molecule has 2 aliphatic heterocycles. The van der Waals surface area contributed by atoms with E-state index in [9.17, 15) is 8.42 Å². The number of hydrogen-bond acceptors (Lipinski definition) is 7. The molecular weight excluding hydrogens is 314 g/mol. The first kappa shape index (κ1) is 16.4. The van der Waals surface area contributed by atoms with E-state index < -0.39 is 9.84 Å². The SMILES string of the molecule is CCN(c1nncc(N2CCCCCC2)n1)C1CCS(=O)(=O)C1. The quantitative estimate of drug-likeness (QED) is 0.817. The Hall–Kier alpha value is -1.44. The maximum absolute atomic E-state index is 11.8. The minimum atomic E-state index is -2.92. The van der Waals surface area contributed by atoms with Crippen molar-refractivity contribution in [2.45, 2.75) is 45.1 Å². The molecule has 7 nitrogen and oxygen atoms in total. The van der Waals surface area contributed by atoms with Gasteiger partial charge in [-0.15, -0.1) is 5.10 Å². The summed E-state index contributed by atoms with van der Waals surface area (Å²) < 4.78 is 23.5. The minimum absolute atomic E-state index is 0.0359. The second-order valence-electron chi connectivity index (χ2n) is 6.36. The van der Waals surface area contributed by atoms with Crippen LogP contribution in [0.4, 0.5) is 11.8 Å². The van der Waals surface area contributed by atoms with Crippen LogP contribution in [-0.4, -0.2) is 60.8 Å². The summed E-state index contributed by atoms with van der Waals surface area (Å²) in [5, 5.41) is 8.29. The molecule has 8 heteroatoms. The van der Waals surface area contributed by atoms with Crippen molar-refractivity contribution in [2.24, 2.45) is 0 Å². The van der Waals surface area contributed by atoms with E-state index in [2.05, 4.69) is 20.1 Å². The van der Waals surface area contributed by atoms with Gasteiger partial charge in [-0.3, -0.25) is 0 Å². The predicted molar refractivity (Wildman–Crippen MR) is 90.6 cm³/mol. The largest absolute Gasteiger partial charge is 0.355 e. The molecule has 128 valence electrons. The van der Waals surface area contributed by atoms with Gasteiger partial charge in [-0.1, -0.05) is 12.8 Å². The molecule has 0 saturated carbocycles. The summed E-state index contributed by atoms with van der Waals surface area (Å²) in [4.78, 5) is 8.94. The number of sulfone groups is 1. The predicted octanol–water partition coefficient (Wildman–Crippen LogP) is 1.27. The molecule has 2 aliphatic rings. The highest BCUT2D eigenvalue weighted by molar-refractivity contribution is 7.91. The smallest absolute Gasteiger partial charge is 0.247 e. The van der Waals surface area contributed by atoms with Crippen LogP contribution < -0.4 is 9.80 Å². The fraction of sp³-hybridized carbons (Fsp3) is 0.800. The van der Waals surface area contributed by atoms with Crippen molar-refractivity contribution in [3.8, 4) is 0 Å². The third-order valence-corrected chi connectivity index (χ3v) is 6.46. The Morgan fingerprint density at radius 2 is 2.00 bits per heavy atom. The van der Waals surface area contributed by atoms with Crippen LogP contribution in [0.3, 0.4) is 0 Å². The molecule has 1 aromatic rings. The molecule has 0 bridgehead atoms. The van der Waals surface area contributed by atoms with Crippen LogP contribution in [0.1, 0.15) is 39.0 Å². The fourth-order valence-electron chi connectivity index (χ4n) is 3.44. The number of nitrogens with zero attached hydrogens (tertiary/aromatic N) is 5. The van der Waals surface area contributed by atoms with Crippen LogP contribution in [0.2, 0.25) is 0 Å². The molecule has 0 spiro atoms. The van der Waals surface area contributed by atoms with Crippen LogP contribution in [0.25, 0.3) is 0 Å². The van der Waals surface area contributed by atoms with E-state index in [-0.39, 0.29) is 17.5 Å². The van der Waals surface area contributed by atoms with Gasteiger partial charge in [0, 0.05) is 25.7 Å². The second kappa shape index (κ2) is 6.98. The highest BCUT2D eigenvalue weighted by atomic mass is 32.2. The summed E-state index contributed by atoms with van der Waals surface area (Å²) in [6, 6.07) is -0.0359. The summed E-state index contributed by atoms with van der Waals surface area (Å²) >= 11 is 0. The monoisotopic (exact) mass is 339 g/mol. The Kier molecular flexibility index (Phi) is 4.99. The van der Waals surface area contributed by atoms with Crippen molar-refractivity contribution in [1.29, 1.82) is 0 Å². The third kappa shape index (κ3) is 3.91. The van der Waals surface area contributed by atoms with Crippen molar-refractivity contribution in [3.05, 3.63) is 6.20 Å². The van der Waals surface area contributed by atoms with Crippen LogP contribution >= 0.6 is 0 Å². The normalized spacial score (nSPS) is 24.4. The number of hydrogen-bond donors (Lipinski definition) is 0. The van der Waals surface area contributed by atoms with Gasteiger partial charge in [0.1, 0.15) is 0 Å². The van der Waals surface area contributed by atoms with E-state index in [4.69, 9.17) is 0 Å². The topological polar surface area (TPSA) is 79.3 Å². The number of anilines is 2. The van der Waals surface area contributed by atoms with Gasteiger partial charge in [-0.2, -0.15) is 10.1 Å². The number of aromatic nitrogens is 3. The molecule has 2 fully saturated rings. The third-order valence-electron chi connectivity index (χ3n) is 4.71. The molecule has 1 atom stereocenters. The van der Waals surface area contributed by atoms with Gasteiger partial charge >= 0.3 is 0 Å². The molecule has 3 heterocycles. The molecule has 23 heavy (non-hydrogen) atoms. The zero-order valence-corrected chi connectivity index (χ0v) is 14.5. The van der Waals surface area contributed by atoms with Crippen molar-refractivity contribution in [3.63, 3.8) is 0 Å². The summed E-state index contributed by atoms with van der Waals surface area (Å²) in [7, 11) is -2.92. The van der Waals surface area contributed by atoms with E-state index >= 15 is 0 Å². The molecule has 1 aromatic heterocycles. The van der Waals surface area contributed by atoms with E-state index in [0.29, 0.717) is 18.9 Å². The molecular formula is C15H25N5O2S. The lowest BCUT2D eigenvalue weighted by Gasteiger charge is -2.28. The molecule has 0 aliphatic carbocycles. The zero-order valence-electron chi connectivity index (χ0n) is 13.7. The fourth-order valence-corrected chi connectivity index (χ4v) is 5.17. The molecule has 3 rings (SSSR count). The van der Waals surface area contributed by atoms with Gasteiger partial charge in [0.05, 0.1) is 17.7 Å². The van der Waals surface area contributed by atoms with Gasteiger partial charge in [0.15, 0.2) is 15.7 Å².